The molecule has 1 atom stereocenters. The van der Waals surface area contributed by atoms with Gasteiger partial charge in [-0.1, -0.05) is 84.9 Å². The normalized spacial score (nSPS) is 18.4. The molecule has 1 aliphatic rings. The van der Waals surface area contributed by atoms with Gasteiger partial charge in [0.25, 0.3) is 0 Å². The predicted octanol–water partition coefficient (Wildman–Crippen LogP) is 5.74. The van der Waals surface area contributed by atoms with Crippen molar-refractivity contribution in [1.29, 1.82) is 0 Å². The third-order valence-electron chi connectivity index (χ3n) is 4.82. The lowest BCUT2D eigenvalue weighted by Crippen LogP contribution is -2.31. The van der Waals surface area contributed by atoms with Crippen molar-refractivity contribution in [2.45, 2.75) is 25.1 Å². The van der Waals surface area contributed by atoms with Crippen molar-refractivity contribution in [1.82, 2.24) is 4.90 Å². The molecule has 3 aromatic carbocycles. The average Bonchev–Trinajstić information content (AvgIpc) is 3.04. The van der Waals surface area contributed by atoms with Crippen molar-refractivity contribution in [2.24, 2.45) is 10.2 Å². The number of nitrogens with zero attached hydrogens (tertiary/aromatic N) is 3. The van der Waals surface area contributed by atoms with E-state index in [1.807, 2.05) is 49.4 Å². The van der Waals surface area contributed by atoms with Crippen molar-refractivity contribution in [2.75, 3.05) is 0 Å². The Labute approximate surface area is 179 Å². The van der Waals surface area contributed by atoms with E-state index in [-0.39, 0.29) is 11.2 Å². The Kier molecular flexibility index (Phi) is 5.97. The molecule has 1 amide bonds. The fourth-order valence-corrected chi connectivity index (χ4v) is 4.44. The Morgan fingerprint density at radius 1 is 1.07 bits per heavy atom. The Balaban J connectivity index is 1.61. The number of fused-ring (bicyclic) bond motifs is 1. The molecular formula is C23H20ClN3OS. The van der Waals surface area contributed by atoms with Gasteiger partial charge in [0.15, 0.2) is 5.17 Å². The zero-order valence-electron chi connectivity index (χ0n) is 16.0. The summed E-state index contributed by atoms with van der Waals surface area (Å²) in [6, 6.07) is 21.8. The smallest absolute Gasteiger partial charge is 0.242 e. The molecule has 0 saturated carbocycles. The molecule has 0 aromatic heterocycles. The van der Waals surface area contributed by atoms with Gasteiger partial charge in [0.1, 0.15) is 0 Å². The molecular weight excluding hydrogens is 402 g/mol. The second kappa shape index (κ2) is 8.80. The van der Waals surface area contributed by atoms with Crippen LogP contribution in [0.2, 0.25) is 5.02 Å². The van der Waals surface area contributed by atoms with Crippen LogP contribution < -0.4 is 0 Å². The minimum Gasteiger partial charge on any atom is -0.284 e. The second-order valence-corrected chi connectivity index (χ2v) is 8.36. The molecule has 4 rings (SSSR count). The molecule has 1 fully saturated rings. The number of amides is 1. The molecule has 4 nitrogen and oxygen atoms in total. The molecule has 0 N–H and O–H groups in total. The van der Waals surface area contributed by atoms with E-state index in [4.69, 9.17) is 11.6 Å². The number of thioether (sulfide) groups is 1. The van der Waals surface area contributed by atoms with Crippen molar-refractivity contribution in [3.05, 3.63) is 82.9 Å². The van der Waals surface area contributed by atoms with Crippen LogP contribution in [0.3, 0.4) is 0 Å². The molecule has 3 aromatic rings. The topological polar surface area (TPSA) is 45.0 Å². The first-order valence-electron chi connectivity index (χ1n) is 9.47. The largest absolute Gasteiger partial charge is 0.284 e. The SMILES string of the molecule is CC[C@@H]1S/C(=N/N=C\c2ccc(Cl)cc2)N(Cc2cccc3ccccc23)C1=O. The molecule has 1 saturated heterocycles. The van der Waals surface area contributed by atoms with Crippen molar-refractivity contribution in [3.8, 4) is 0 Å². The Hall–Kier alpha value is -2.63. The van der Waals surface area contributed by atoms with Crippen LogP contribution in [-0.4, -0.2) is 27.4 Å². The van der Waals surface area contributed by atoms with Crippen LogP contribution in [0.15, 0.2) is 76.9 Å². The third-order valence-corrected chi connectivity index (χ3v) is 6.40. The number of carbonyl (C=O) groups excluding carboxylic acids is 1. The third kappa shape index (κ3) is 4.36. The van der Waals surface area contributed by atoms with Crippen LogP contribution in [0.25, 0.3) is 10.8 Å². The Bertz CT molecular complexity index is 1090. The van der Waals surface area contributed by atoms with Crippen LogP contribution in [0.1, 0.15) is 24.5 Å². The standard InChI is InChI=1S/C23H20ClN3OS/c1-2-21-22(28)27(15-18-8-5-7-17-6-3-4-9-20(17)18)23(29-21)26-25-14-16-10-12-19(24)13-11-16/h3-14,21H,2,15H2,1H3/b25-14-,26-23+/t21-/m0/s1. The summed E-state index contributed by atoms with van der Waals surface area (Å²) in [6.45, 7) is 2.50. The van der Waals surface area contributed by atoms with Crippen LogP contribution in [-0.2, 0) is 11.3 Å². The van der Waals surface area contributed by atoms with E-state index < -0.39 is 0 Å². The summed E-state index contributed by atoms with van der Waals surface area (Å²) in [7, 11) is 0. The van der Waals surface area contributed by atoms with E-state index in [9.17, 15) is 4.79 Å². The molecule has 0 aliphatic carbocycles. The van der Waals surface area contributed by atoms with E-state index in [0.717, 1.165) is 28.3 Å². The summed E-state index contributed by atoms with van der Waals surface area (Å²) in [6.07, 6.45) is 2.43. The van der Waals surface area contributed by atoms with E-state index in [1.165, 1.54) is 11.8 Å². The number of rotatable bonds is 5. The van der Waals surface area contributed by atoms with Gasteiger partial charge in [-0.2, -0.15) is 5.10 Å². The molecule has 146 valence electrons. The number of hydrogen-bond donors (Lipinski definition) is 0. The molecule has 0 bridgehead atoms. The number of halogens is 1. The van der Waals surface area contributed by atoms with Crippen molar-refractivity contribution in [3.63, 3.8) is 0 Å². The summed E-state index contributed by atoms with van der Waals surface area (Å²) in [5.41, 5.74) is 2.00. The monoisotopic (exact) mass is 421 g/mol. The molecule has 29 heavy (non-hydrogen) atoms. The maximum Gasteiger partial charge on any atom is 0.242 e. The van der Waals surface area contributed by atoms with Gasteiger partial charge in [-0.25, -0.2) is 0 Å². The Morgan fingerprint density at radius 2 is 1.83 bits per heavy atom. The van der Waals surface area contributed by atoms with Gasteiger partial charge >= 0.3 is 0 Å². The highest BCUT2D eigenvalue weighted by Gasteiger charge is 2.37. The minimum absolute atomic E-state index is 0.0888. The molecule has 0 unspecified atom stereocenters. The van der Waals surface area contributed by atoms with Gasteiger partial charge in [-0.3, -0.25) is 9.69 Å². The van der Waals surface area contributed by atoms with Crippen LogP contribution in [0, 0.1) is 0 Å². The molecule has 6 heteroatoms. The summed E-state index contributed by atoms with van der Waals surface area (Å²) >= 11 is 7.40. The first-order valence-corrected chi connectivity index (χ1v) is 10.7. The number of benzene rings is 3. The molecule has 1 aliphatic heterocycles. The van der Waals surface area contributed by atoms with Gasteiger partial charge in [0, 0.05) is 5.02 Å². The zero-order chi connectivity index (χ0) is 20.2. The van der Waals surface area contributed by atoms with Crippen molar-refractivity contribution >= 4 is 51.4 Å². The highest BCUT2D eigenvalue weighted by Crippen LogP contribution is 2.32. The summed E-state index contributed by atoms with van der Waals surface area (Å²) < 4.78 is 0. The Morgan fingerprint density at radius 3 is 2.62 bits per heavy atom. The maximum absolute atomic E-state index is 12.9. The quantitative estimate of drug-likeness (QED) is 0.389. The lowest BCUT2D eigenvalue weighted by Gasteiger charge is -2.17. The first-order chi connectivity index (χ1) is 14.2. The fraction of sp³-hybridized carbons (Fsp3) is 0.174. The van der Waals surface area contributed by atoms with Gasteiger partial charge in [0.2, 0.25) is 5.91 Å². The van der Waals surface area contributed by atoms with Crippen LogP contribution >= 0.6 is 23.4 Å². The van der Waals surface area contributed by atoms with E-state index >= 15 is 0 Å². The van der Waals surface area contributed by atoms with Crippen molar-refractivity contribution < 1.29 is 4.79 Å². The van der Waals surface area contributed by atoms with E-state index in [0.29, 0.717) is 16.7 Å². The first kappa shape index (κ1) is 19.7. The summed E-state index contributed by atoms with van der Waals surface area (Å²) in [5.74, 6) is 0.0888. The number of amidine groups is 1. The summed E-state index contributed by atoms with van der Waals surface area (Å²) in [5, 5.41) is 12.1. The van der Waals surface area contributed by atoms with Gasteiger partial charge in [0.05, 0.1) is 18.0 Å². The predicted molar refractivity (Wildman–Crippen MR) is 123 cm³/mol. The highest BCUT2D eigenvalue weighted by atomic mass is 35.5. The molecule has 0 spiro atoms. The number of hydrogen-bond acceptors (Lipinski definition) is 4. The lowest BCUT2D eigenvalue weighted by molar-refractivity contribution is -0.126. The van der Waals surface area contributed by atoms with Crippen LogP contribution in [0.5, 0.6) is 0 Å². The van der Waals surface area contributed by atoms with Gasteiger partial charge in [-0.05, 0) is 40.5 Å². The minimum atomic E-state index is -0.116. The van der Waals surface area contributed by atoms with E-state index in [1.54, 1.807) is 11.1 Å². The summed E-state index contributed by atoms with van der Waals surface area (Å²) in [4.78, 5) is 14.7. The zero-order valence-corrected chi connectivity index (χ0v) is 17.5. The van der Waals surface area contributed by atoms with Crippen LogP contribution in [0.4, 0.5) is 0 Å². The fourth-order valence-electron chi connectivity index (χ4n) is 3.28. The average molecular weight is 422 g/mol. The number of carbonyl (C=O) groups is 1. The van der Waals surface area contributed by atoms with Gasteiger partial charge < -0.3 is 0 Å². The second-order valence-electron chi connectivity index (χ2n) is 6.76. The lowest BCUT2D eigenvalue weighted by atomic mass is 10.0. The molecule has 0 radical (unpaired) electrons. The van der Waals surface area contributed by atoms with Gasteiger partial charge in [-0.15, -0.1) is 5.10 Å². The molecule has 1 heterocycles. The maximum atomic E-state index is 12.9. The highest BCUT2D eigenvalue weighted by molar-refractivity contribution is 8.15. The van der Waals surface area contributed by atoms with E-state index in [2.05, 4.69) is 34.5 Å².